The van der Waals surface area contributed by atoms with Crippen LogP contribution in [0.2, 0.25) is 0 Å². The van der Waals surface area contributed by atoms with Crippen LogP contribution < -0.4 is 16.4 Å². The molecule has 0 fully saturated rings. The average molecular weight is 357 g/mol. The quantitative estimate of drug-likeness (QED) is 0.233. The lowest BCUT2D eigenvalue weighted by molar-refractivity contribution is -0.147. The van der Waals surface area contributed by atoms with E-state index in [2.05, 4.69) is 15.4 Å². The van der Waals surface area contributed by atoms with Crippen LogP contribution in [0.1, 0.15) is 20.3 Å². The fraction of sp³-hybridized carbons (Fsp3) is 0.571. The summed E-state index contributed by atoms with van der Waals surface area (Å²) in [5.74, 6) is -1.77. The van der Waals surface area contributed by atoms with Gasteiger partial charge >= 0.3 is 6.16 Å². The fourth-order valence-electron chi connectivity index (χ4n) is 2.40. The van der Waals surface area contributed by atoms with Gasteiger partial charge < -0.3 is 35.8 Å². The van der Waals surface area contributed by atoms with Gasteiger partial charge in [-0.05, 0) is 6.42 Å². The second-order valence-corrected chi connectivity index (χ2v) is 5.46. The van der Waals surface area contributed by atoms with Crippen LogP contribution in [0.15, 0.2) is 12.0 Å². The Morgan fingerprint density at radius 2 is 2.08 bits per heavy atom. The Labute approximate surface area is 144 Å². The zero-order valence-corrected chi connectivity index (χ0v) is 14.2. The summed E-state index contributed by atoms with van der Waals surface area (Å²) < 4.78 is 9.85. The minimum absolute atomic E-state index is 0.429. The maximum Gasteiger partial charge on any atom is 0.513 e. The summed E-state index contributed by atoms with van der Waals surface area (Å²) in [7, 11) is 1.56. The number of guanidine groups is 1. The van der Waals surface area contributed by atoms with Crippen LogP contribution in [0, 0.1) is 5.41 Å². The number of rotatable bonds is 6. The van der Waals surface area contributed by atoms with E-state index in [0.717, 1.165) is 0 Å². The highest BCUT2D eigenvalue weighted by molar-refractivity contribution is 5.84. The van der Waals surface area contributed by atoms with Crippen molar-refractivity contribution in [3.05, 3.63) is 12.0 Å². The first-order valence-electron chi connectivity index (χ1n) is 7.57. The molecule has 0 aliphatic carbocycles. The molecule has 2 amide bonds. The van der Waals surface area contributed by atoms with Crippen molar-refractivity contribution < 1.29 is 29.0 Å². The van der Waals surface area contributed by atoms with E-state index < -0.39 is 48.1 Å². The molecule has 0 bridgehead atoms. The third-order valence-electron chi connectivity index (χ3n) is 3.33. The van der Waals surface area contributed by atoms with Crippen molar-refractivity contribution in [1.29, 1.82) is 5.41 Å². The molecular formula is C14H23N5O6. The van der Waals surface area contributed by atoms with Gasteiger partial charge in [0.1, 0.15) is 0 Å². The molecule has 1 aliphatic rings. The average Bonchev–Trinajstić information content (AvgIpc) is 2.47. The predicted octanol–water partition coefficient (Wildman–Crippen LogP) is -0.854. The van der Waals surface area contributed by atoms with E-state index in [0.29, 0.717) is 13.0 Å². The van der Waals surface area contributed by atoms with Gasteiger partial charge in [-0.2, -0.15) is 0 Å². The van der Waals surface area contributed by atoms with Gasteiger partial charge in [0, 0.05) is 26.6 Å². The molecule has 0 aromatic rings. The van der Waals surface area contributed by atoms with Gasteiger partial charge in [0.2, 0.25) is 12.0 Å². The van der Waals surface area contributed by atoms with Gasteiger partial charge in [-0.25, -0.2) is 4.79 Å². The molecule has 0 saturated carbocycles. The topological polar surface area (TPSA) is 167 Å². The Morgan fingerprint density at radius 3 is 2.56 bits per heavy atom. The van der Waals surface area contributed by atoms with Crippen molar-refractivity contribution in [1.82, 2.24) is 15.5 Å². The maximum atomic E-state index is 12.6. The van der Waals surface area contributed by atoms with Gasteiger partial charge in [0.25, 0.3) is 11.9 Å². The fourth-order valence-corrected chi connectivity index (χ4v) is 2.40. The van der Waals surface area contributed by atoms with E-state index >= 15 is 0 Å². The van der Waals surface area contributed by atoms with Gasteiger partial charge in [0.15, 0.2) is 5.96 Å². The Kier molecular flexibility index (Phi) is 7.03. The molecule has 11 heteroatoms. The lowest BCUT2D eigenvalue weighted by Crippen LogP contribution is -2.63. The van der Waals surface area contributed by atoms with Crippen molar-refractivity contribution in [2.45, 2.75) is 38.5 Å². The summed E-state index contributed by atoms with van der Waals surface area (Å²) >= 11 is 0. The van der Waals surface area contributed by atoms with E-state index in [1.807, 2.05) is 6.92 Å². The molecule has 0 unspecified atom stereocenters. The number of hydrogen-bond acceptors (Lipinski definition) is 6. The van der Waals surface area contributed by atoms with E-state index in [9.17, 15) is 14.4 Å². The van der Waals surface area contributed by atoms with E-state index in [1.165, 1.54) is 17.9 Å². The first-order valence-corrected chi connectivity index (χ1v) is 7.57. The molecule has 0 radical (unpaired) electrons. The van der Waals surface area contributed by atoms with Crippen LogP contribution in [0.25, 0.3) is 0 Å². The predicted molar refractivity (Wildman–Crippen MR) is 86.4 cm³/mol. The van der Waals surface area contributed by atoms with Crippen LogP contribution in [-0.2, 0) is 19.1 Å². The molecule has 1 rings (SSSR count). The molecule has 1 heterocycles. The molecule has 1 aliphatic heterocycles. The van der Waals surface area contributed by atoms with E-state index in [-0.39, 0.29) is 0 Å². The van der Waals surface area contributed by atoms with Crippen molar-refractivity contribution in [2.75, 3.05) is 13.6 Å². The van der Waals surface area contributed by atoms with Crippen LogP contribution in [0.5, 0.6) is 0 Å². The molecule has 6 N–H and O–H groups in total. The summed E-state index contributed by atoms with van der Waals surface area (Å²) in [4.78, 5) is 36.3. The highest BCUT2D eigenvalue weighted by Gasteiger charge is 2.42. The highest BCUT2D eigenvalue weighted by Crippen LogP contribution is 2.21. The van der Waals surface area contributed by atoms with Crippen LogP contribution in [0.3, 0.4) is 0 Å². The van der Waals surface area contributed by atoms with Crippen LogP contribution in [0.4, 0.5) is 4.79 Å². The van der Waals surface area contributed by atoms with Crippen molar-refractivity contribution in [2.24, 2.45) is 5.73 Å². The second-order valence-electron chi connectivity index (χ2n) is 5.46. The van der Waals surface area contributed by atoms with Gasteiger partial charge in [-0.3, -0.25) is 15.0 Å². The number of carbonyl (C=O) groups excluding carboxylic acids is 2. The summed E-state index contributed by atoms with van der Waals surface area (Å²) in [6.45, 7) is 3.58. The number of carboxylic acid groups (broad SMARTS) is 1. The minimum atomic E-state index is -1.63. The van der Waals surface area contributed by atoms with Gasteiger partial charge in [0.05, 0.1) is 12.1 Å². The third-order valence-corrected chi connectivity index (χ3v) is 3.33. The maximum absolute atomic E-state index is 12.6. The molecule has 0 aromatic heterocycles. The van der Waals surface area contributed by atoms with Gasteiger partial charge in [-0.15, -0.1) is 0 Å². The first-order chi connectivity index (χ1) is 11.6. The number of nitrogens with one attached hydrogen (secondary N) is 3. The molecular weight excluding hydrogens is 334 g/mol. The molecule has 140 valence electrons. The van der Waals surface area contributed by atoms with E-state index in [1.54, 1.807) is 7.05 Å². The molecule has 0 spiro atoms. The Bertz CT molecular complexity index is 578. The Balaban J connectivity index is 3.21. The molecule has 0 aromatic carbocycles. The van der Waals surface area contributed by atoms with Crippen LogP contribution >= 0.6 is 0 Å². The standard InChI is InChI=1S/C14H23N5O6/c1-4-5-19(3)12(21)11-10(17-7(2)20)8(18-13(15)16)6-9(24-11)25-14(22)23/h6,8,10-11H,4-5H2,1-3H3,(H,17,20)(H,22,23)(H4,15,16,18)/t8-,10+,11+/m0/s1. The summed E-state index contributed by atoms with van der Waals surface area (Å²) in [6, 6.07) is -1.80. The number of ether oxygens (including phenoxy) is 2. The van der Waals surface area contributed by atoms with Crippen molar-refractivity contribution in [3.8, 4) is 0 Å². The highest BCUT2D eigenvalue weighted by atomic mass is 16.7. The number of nitrogens with zero attached hydrogens (tertiary/aromatic N) is 1. The summed E-state index contributed by atoms with van der Waals surface area (Å²) in [5.41, 5.74) is 5.33. The first kappa shape index (κ1) is 20.1. The number of nitrogens with two attached hydrogens (primary N) is 1. The molecule has 3 atom stereocenters. The smallest absolute Gasteiger partial charge is 0.449 e. The van der Waals surface area contributed by atoms with E-state index in [4.69, 9.17) is 21.0 Å². The summed E-state index contributed by atoms with van der Waals surface area (Å²) in [6.07, 6.45) is -0.987. The number of likely N-dealkylation sites (N-methyl/N-ethyl adjacent to an activating group) is 1. The zero-order chi connectivity index (χ0) is 19.1. The number of carbonyl (C=O) groups is 3. The Hall–Kier alpha value is -2.98. The lowest BCUT2D eigenvalue weighted by Gasteiger charge is -2.37. The lowest BCUT2D eigenvalue weighted by atomic mass is 9.98. The molecule has 11 nitrogen and oxygen atoms in total. The molecule has 25 heavy (non-hydrogen) atoms. The monoisotopic (exact) mass is 357 g/mol. The summed E-state index contributed by atoms with van der Waals surface area (Å²) in [5, 5.41) is 21.2. The Morgan fingerprint density at radius 1 is 1.44 bits per heavy atom. The number of hydrogen-bond donors (Lipinski definition) is 5. The van der Waals surface area contributed by atoms with Crippen LogP contribution in [-0.4, -0.2) is 65.7 Å². The largest absolute Gasteiger partial charge is 0.513 e. The second kappa shape index (κ2) is 8.76. The zero-order valence-electron chi connectivity index (χ0n) is 14.2. The number of amides is 2. The van der Waals surface area contributed by atoms with Gasteiger partial charge in [-0.1, -0.05) is 6.92 Å². The minimum Gasteiger partial charge on any atom is -0.449 e. The normalized spacial score (nSPS) is 22.0. The molecule has 0 saturated heterocycles. The van der Waals surface area contributed by atoms with Crippen molar-refractivity contribution >= 4 is 23.9 Å². The van der Waals surface area contributed by atoms with Crippen molar-refractivity contribution in [3.63, 3.8) is 0 Å². The third kappa shape index (κ3) is 5.86. The SMILES string of the molecule is CCCN(C)C(=O)[C@@H]1OC(OC(=O)O)=C[C@H](NC(=N)N)[C@H]1NC(C)=O.